The van der Waals surface area contributed by atoms with Crippen molar-refractivity contribution < 1.29 is 28.6 Å². The predicted molar refractivity (Wildman–Crippen MR) is 211 cm³/mol. The van der Waals surface area contributed by atoms with Crippen molar-refractivity contribution in [2.24, 2.45) is 29.1 Å². The third-order valence-electron chi connectivity index (χ3n) is 12.4. The molecule has 0 unspecified atom stereocenters. The van der Waals surface area contributed by atoms with Gasteiger partial charge in [0.25, 0.3) is 0 Å². The van der Waals surface area contributed by atoms with Crippen molar-refractivity contribution in [3.05, 3.63) is 155 Å². The third-order valence-corrected chi connectivity index (χ3v) is 12.4. The van der Waals surface area contributed by atoms with Crippen LogP contribution in [0.5, 0.6) is 0 Å². The van der Waals surface area contributed by atoms with E-state index in [9.17, 15) is 14.4 Å². The number of fused-ring (bicyclic) bond motifs is 1. The van der Waals surface area contributed by atoms with Crippen LogP contribution in [0, 0.1) is 29.1 Å². The van der Waals surface area contributed by atoms with E-state index in [1.807, 2.05) is 66.7 Å². The summed E-state index contributed by atoms with van der Waals surface area (Å²) in [4.78, 5) is 39.2. The summed E-state index contributed by atoms with van der Waals surface area (Å²) < 4.78 is 18.1. The minimum atomic E-state index is -0.615. The highest BCUT2D eigenvalue weighted by Gasteiger charge is 2.50. The zero-order valence-electron chi connectivity index (χ0n) is 31.5. The van der Waals surface area contributed by atoms with E-state index < -0.39 is 18.2 Å². The molecular weight excluding hydrogens is 673 g/mol. The molecule has 3 aromatic carbocycles. The van der Waals surface area contributed by atoms with Gasteiger partial charge in [0.1, 0.15) is 18.3 Å². The van der Waals surface area contributed by atoms with Crippen LogP contribution in [0.3, 0.4) is 0 Å². The molecule has 4 aliphatic carbocycles. The van der Waals surface area contributed by atoms with Gasteiger partial charge in [-0.3, -0.25) is 0 Å². The van der Waals surface area contributed by atoms with E-state index in [0.717, 1.165) is 49.7 Å². The van der Waals surface area contributed by atoms with Gasteiger partial charge in [-0.25, -0.2) is 14.4 Å². The van der Waals surface area contributed by atoms with Crippen molar-refractivity contribution in [2.75, 3.05) is 0 Å². The van der Waals surface area contributed by atoms with Crippen LogP contribution in [0.2, 0.25) is 0 Å². The Morgan fingerprint density at radius 2 is 1.35 bits per heavy atom. The Hall–Kier alpha value is -4.97. The molecule has 4 aliphatic rings. The number of esters is 3. The van der Waals surface area contributed by atoms with E-state index in [1.54, 1.807) is 24.3 Å². The van der Waals surface area contributed by atoms with Gasteiger partial charge in [-0.1, -0.05) is 98.8 Å². The van der Waals surface area contributed by atoms with Crippen LogP contribution in [-0.4, -0.2) is 36.2 Å². The van der Waals surface area contributed by atoms with Crippen LogP contribution in [0.1, 0.15) is 103 Å². The van der Waals surface area contributed by atoms with Crippen LogP contribution < -0.4 is 0 Å². The maximum atomic E-state index is 13.2. The molecule has 0 radical (unpaired) electrons. The second-order valence-corrected chi connectivity index (χ2v) is 16.0. The molecule has 7 rings (SSSR count). The summed E-state index contributed by atoms with van der Waals surface area (Å²) in [7, 11) is 0. The van der Waals surface area contributed by atoms with Crippen LogP contribution in [0.4, 0.5) is 0 Å². The van der Waals surface area contributed by atoms with Crippen molar-refractivity contribution in [3.8, 4) is 0 Å². The fourth-order valence-electron chi connectivity index (χ4n) is 9.25. The van der Waals surface area contributed by atoms with E-state index in [4.69, 9.17) is 14.2 Å². The van der Waals surface area contributed by atoms with Gasteiger partial charge in [0, 0.05) is 12.8 Å². The monoisotopic (exact) mass is 724 g/mol. The molecule has 280 valence electrons. The Labute approximate surface area is 320 Å². The van der Waals surface area contributed by atoms with Crippen molar-refractivity contribution in [2.45, 2.75) is 89.9 Å². The first-order valence-corrected chi connectivity index (χ1v) is 19.7. The van der Waals surface area contributed by atoms with Gasteiger partial charge in [-0.05, 0) is 128 Å². The maximum Gasteiger partial charge on any atom is 0.338 e. The second-order valence-electron chi connectivity index (χ2n) is 16.0. The average Bonchev–Trinajstić information content (AvgIpc) is 3.98. The lowest BCUT2D eigenvalue weighted by molar-refractivity contribution is 0.00212. The number of allylic oxidation sites excluding steroid dienone is 4. The minimum absolute atomic E-state index is 0.160. The van der Waals surface area contributed by atoms with E-state index in [1.165, 1.54) is 12.0 Å². The first kappa shape index (κ1) is 37.3. The van der Waals surface area contributed by atoms with E-state index in [2.05, 4.69) is 44.7 Å². The molecular formula is C48H52O6. The Morgan fingerprint density at radius 1 is 0.759 bits per heavy atom. The summed E-state index contributed by atoms with van der Waals surface area (Å²) >= 11 is 0. The highest BCUT2D eigenvalue weighted by atomic mass is 16.6. The summed E-state index contributed by atoms with van der Waals surface area (Å²) in [6.07, 6.45) is 16.4. The van der Waals surface area contributed by atoms with Crippen molar-refractivity contribution in [3.63, 3.8) is 0 Å². The van der Waals surface area contributed by atoms with Crippen LogP contribution >= 0.6 is 0 Å². The Bertz CT molecular complexity index is 1910. The van der Waals surface area contributed by atoms with Gasteiger partial charge < -0.3 is 14.2 Å². The molecule has 0 amide bonds. The molecule has 54 heavy (non-hydrogen) atoms. The van der Waals surface area contributed by atoms with Gasteiger partial charge in [0.2, 0.25) is 0 Å². The fourth-order valence-corrected chi connectivity index (χ4v) is 9.25. The first-order chi connectivity index (χ1) is 26.2. The standard InChI is InChI=1S/C48H52O6/c1-32(21-28-43(35-23-24-35)53-46(50)37-16-9-5-10-17-37)41-26-27-42-34(20-13-29-48(41,42)3)22-25-39-30-40(52-45(49)36-14-7-4-8-15-36)31-44(33(39)2)54-47(51)38-18-11-6-12-19-38/h4-12,14-19,21-22,25,28,32,35,40-44H,2,13,20,23-24,26-27,29-31H2,1,3H3/b28-21+,34-22+,39-25-/t32-,40-,41-,42+,43+,44+,48-/m1/s1. The second kappa shape index (κ2) is 16.6. The Morgan fingerprint density at radius 3 is 1.96 bits per heavy atom. The molecule has 0 aromatic heterocycles. The summed E-state index contributed by atoms with van der Waals surface area (Å²) in [6.45, 7) is 9.22. The largest absolute Gasteiger partial charge is 0.458 e. The summed E-state index contributed by atoms with van der Waals surface area (Å²) in [5.74, 6) is 0.684. The SMILES string of the molecule is C=C1/C(=C\C=C2/CCC[C@]3(C)[C@@H]([C@H](C)/C=C/[C@H](OC(=O)c4ccccc4)C4CC4)CC[C@@H]23)C[C@@H](OC(=O)c2ccccc2)C[C@@H]1OC(=O)c1ccccc1. The van der Waals surface area contributed by atoms with Gasteiger partial charge in [-0.15, -0.1) is 0 Å². The van der Waals surface area contributed by atoms with E-state index in [-0.39, 0.29) is 23.5 Å². The molecule has 0 saturated heterocycles. The number of hydrogen-bond donors (Lipinski definition) is 0. The van der Waals surface area contributed by atoms with E-state index in [0.29, 0.717) is 53.2 Å². The molecule has 0 spiro atoms. The number of hydrogen-bond acceptors (Lipinski definition) is 6. The number of rotatable bonds is 11. The zero-order valence-corrected chi connectivity index (χ0v) is 31.5. The molecule has 7 atom stereocenters. The quantitative estimate of drug-likeness (QED) is 0.111. The molecule has 0 N–H and O–H groups in total. The predicted octanol–water partition coefficient (Wildman–Crippen LogP) is 10.7. The number of carbonyl (C=O) groups excluding carboxylic acids is 3. The van der Waals surface area contributed by atoms with Crippen LogP contribution in [-0.2, 0) is 14.2 Å². The molecule has 3 aromatic rings. The first-order valence-electron chi connectivity index (χ1n) is 19.7. The van der Waals surface area contributed by atoms with Gasteiger partial charge >= 0.3 is 17.9 Å². The summed E-state index contributed by atoms with van der Waals surface area (Å²) in [5.41, 5.74) is 4.87. The molecule has 4 fully saturated rings. The summed E-state index contributed by atoms with van der Waals surface area (Å²) in [5, 5.41) is 0. The molecule has 0 aliphatic heterocycles. The van der Waals surface area contributed by atoms with E-state index >= 15 is 0 Å². The smallest absolute Gasteiger partial charge is 0.338 e. The number of benzene rings is 3. The fraction of sp³-hybridized carbons (Fsp3) is 0.396. The maximum absolute atomic E-state index is 13.2. The minimum Gasteiger partial charge on any atom is -0.458 e. The topological polar surface area (TPSA) is 78.9 Å². The van der Waals surface area contributed by atoms with Gasteiger partial charge in [0.15, 0.2) is 0 Å². The van der Waals surface area contributed by atoms with Crippen molar-refractivity contribution >= 4 is 17.9 Å². The Kier molecular flexibility index (Phi) is 11.5. The van der Waals surface area contributed by atoms with Crippen LogP contribution in [0.25, 0.3) is 0 Å². The lowest BCUT2D eigenvalue weighted by atomic mass is 9.61. The van der Waals surface area contributed by atoms with Crippen molar-refractivity contribution in [1.29, 1.82) is 0 Å². The average molecular weight is 725 g/mol. The van der Waals surface area contributed by atoms with Crippen LogP contribution in [0.15, 0.2) is 139 Å². The molecule has 6 heteroatoms. The van der Waals surface area contributed by atoms with Gasteiger partial charge in [0.05, 0.1) is 16.7 Å². The lowest BCUT2D eigenvalue weighted by Gasteiger charge is -2.44. The molecule has 4 saturated carbocycles. The van der Waals surface area contributed by atoms with Crippen molar-refractivity contribution in [1.82, 2.24) is 0 Å². The highest BCUT2D eigenvalue weighted by Crippen LogP contribution is 2.59. The normalized spacial score (nSPS) is 28.0. The Balaban J connectivity index is 1.06. The number of ether oxygens (including phenoxy) is 3. The molecule has 0 heterocycles. The summed E-state index contributed by atoms with van der Waals surface area (Å²) in [6, 6.07) is 27.2. The lowest BCUT2D eigenvalue weighted by Crippen LogP contribution is -2.35. The zero-order chi connectivity index (χ0) is 37.7. The third kappa shape index (κ3) is 8.54. The highest BCUT2D eigenvalue weighted by molar-refractivity contribution is 5.90. The molecule has 0 bridgehead atoms. The van der Waals surface area contributed by atoms with Gasteiger partial charge in [-0.2, -0.15) is 0 Å². The number of carbonyl (C=O) groups is 3. The molecule has 6 nitrogen and oxygen atoms in total.